The van der Waals surface area contributed by atoms with Gasteiger partial charge < -0.3 is 5.32 Å². The van der Waals surface area contributed by atoms with Crippen LogP contribution in [0.4, 0.5) is 0 Å². The Kier molecular flexibility index (Phi) is 3.98. The maximum Gasteiger partial charge on any atom is 0.225 e. The van der Waals surface area contributed by atoms with Gasteiger partial charge in [0.1, 0.15) is 0 Å². The van der Waals surface area contributed by atoms with Crippen LogP contribution in [0.25, 0.3) is 0 Å². The van der Waals surface area contributed by atoms with E-state index < -0.39 is 0 Å². The first-order valence-corrected chi connectivity index (χ1v) is 5.68. The van der Waals surface area contributed by atoms with Gasteiger partial charge in [0, 0.05) is 21.1 Å². The maximum atomic E-state index is 11.7. The molecule has 3 rings (SSSR count). The molecule has 1 aliphatic heterocycles. The summed E-state index contributed by atoms with van der Waals surface area (Å²) in [4.78, 5) is 11.7. The molecule has 0 saturated heterocycles. The largest absolute Gasteiger partial charge is 0.347 e. The van der Waals surface area contributed by atoms with Crippen molar-refractivity contribution in [2.45, 2.75) is 12.5 Å². The van der Waals surface area contributed by atoms with Crippen LogP contribution in [0, 0.1) is 6.07 Å². The topological polar surface area (TPSA) is 29.1 Å². The van der Waals surface area contributed by atoms with Gasteiger partial charge in [-0.3, -0.25) is 4.79 Å². The minimum absolute atomic E-state index is 0. The van der Waals surface area contributed by atoms with Gasteiger partial charge in [-0.2, -0.15) is 30.3 Å². The Morgan fingerprint density at radius 1 is 1.11 bits per heavy atom. The van der Waals surface area contributed by atoms with E-state index in [1.807, 2.05) is 42.5 Å². The van der Waals surface area contributed by atoms with Crippen molar-refractivity contribution in [3.8, 4) is 0 Å². The van der Waals surface area contributed by atoms with Gasteiger partial charge in [0.2, 0.25) is 5.91 Å². The SMILES string of the molecule is O=C1Cc2ccccc2C(c2[c-]cccc2)N1.[W]. The van der Waals surface area contributed by atoms with Gasteiger partial charge in [0.15, 0.2) is 0 Å². The van der Waals surface area contributed by atoms with Gasteiger partial charge in [0.25, 0.3) is 0 Å². The van der Waals surface area contributed by atoms with Gasteiger partial charge in [0.05, 0.1) is 12.5 Å². The Hall–Kier alpha value is -1.40. The molecule has 1 atom stereocenters. The first-order chi connectivity index (χ1) is 8.34. The number of rotatable bonds is 1. The third-order valence-electron chi connectivity index (χ3n) is 3.07. The van der Waals surface area contributed by atoms with Crippen molar-refractivity contribution in [3.63, 3.8) is 0 Å². The molecule has 1 unspecified atom stereocenters. The van der Waals surface area contributed by atoms with Crippen molar-refractivity contribution in [1.82, 2.24) is 5.32 Å². The van der Waals surface area contributed by atoms with Gasteiger partial charge >= 0.3 is 0 Å². The fourth-order valence-electron chi connectivity index (χ4n) is 2.27. The quantitative estimate of drug-likeness (QED) is 0.724. The summed E-state index contributed by atoms with van der Waals surface area (Å²) in [5.41, 5.74) is 3.29. The summed E-state index contributed by atoms with van der Waals surface area (Å²) < 4.78 is 0. The van der Waals surface area contributed by atoms with Crippen molar-refractivity contribution in [1.29, 1.82) is 0 Å². The van der Waals surface area contributed by atoms with Crippen LogP contribution in [0.15, 0.2) is 48.5 Å². The monoisotopic (exact) mass is 406 g/mol. The van der Waals surface area contributed by atoms with Gasteiger partial charge in [-0.25, -0.2) is 0 Å². The predicted octanol–water partition coefficient (Wildman–Crippen LogP) is 2.25. The second kappa shape index (κ2) is 5.49. The van der Waals surface area contributed by atoms with Crippen molar-refractivity contribution in [2.24, 2.45) is 0 Å². The normalized spacial score (nSPS) is 17.3. The van der Waals surface area contributed by atoms with Crippen molar-refractivity contribution in [3.05, 3.63) is 71.3 Å². The van der Waals surface area contributed by atoms with E-state index in [4.69, 9.17) is 0 Å². The van der Waals surface area contributed by atoms with E-state index in [2.05, 4.69) is 17.4 Å². The van der Waals surface area contributed by atoms with Crippen molar-refractivity contribution in [2.75, 3.05) is 0 Å². The van der Waals surface area contributed by atoms with Crippen LogP contribution in [0.1, 0.15) is 22.7 Å². The molecule has 1 N–H and O–H groups in total. The number of hydrogen-bond donors (Lipinski definition) is 1. The standard InChI is InChI=1S/C15H12NO.W/c17-14-10-12-8-4-5-9-13(12)15(16-14)11-6-2-1-3-7-11;/h1-6,8-9,15H,10H2,(H,16,17);/q-1;. The molecule has 2 aromatic rings. The molecule has 2 nitrogen and oxygen atoms in total. The summed E-state index contributed by atoms with van der Waals surface area (Å²) in [6.07, 6.45) is 0.472. The van der Waals surface area contributed by atoms with Crippen LogP contribution in [-0.2, 0) is 32.3 Å². The number of carbonyl (C=O) groups excluding carboxylic acids is 1. The molecule has 0 aromatic heterocycles. The molecule has 0 radical (unpaired) electrons. The number of benzene rings is 2. The van der Waals surface area contributed by atoms with Crippen LogP contribution < -0.4 is 5.32 Å². The number of fused-ring (bicyclic) bond motifs is 1. The minimum atomic E-state index is -0.0614. The van der Waals surface area contributed by atoms with Crippen LogP contribution in [0.2, 0.25) is 0 Å². The summed E-state index contributed by atoms with van der Waals surface area (Å²) in [6.45, 7) is 0. The minimum Gasteiger partial charge on any atom is -0.347 e. The van der Waals surface area contributed by atoms with E-state index in [1.165, 1.54) is 5.56 Å². The molecule has 18 heavy (non-hydrogen) atoms. The van der Waals surface area contributed by atoms with E-state index in [0.29, 0.717) is 6.42 Å². The molecule has 2 aromatic carbocycles. The first-order valence-electron chi connectivity index (χ1n) is 5.68. The van der Waals surface area contributed by atoms with Gasteiger partial charge in [-0.15, -0.1) is 5.56 Å². The zero-order chi connectivity index (χ0) is 11.7. The van der Waals surface area contributed by atoms with E-state index in [0.717, 1.165) is 11.1 Å². The zero-order valence-corrected chi connectivity index (χ0v) is 12.7. The second-order valence-corrected chi connectivity index (χ2v) is 4.19. The first kappa shape index (κ1) is 13.0. The summed E-state index contributed by atoms with van der Waals surface area (Å²) in [7, 11) is 0. The Balaban J connectivity index is 0.00000120. The molecule has 0 spiro atoms. The fraction of sp³-hybridized carbons (Fsp3) is 0.133. The predicted molar refractivity (Wildman–Crippen MR) is 65.4 cm³/mol. The van der Waals surface area contributed by atoms with E-state index in [-0.39, 0.29) is 33.0 Å². The fourth-order valence-corrected chi connectivity index (χ4v) is 2.27. The van der Waals surface area contributed by atoms with Gasteiger partial charge in [-0.1, -0.05) is 24.3 Å². The van der Waals surface area contributed by atoms with Gasteiger partial charge in [-0.05, 0) is 11.1 Å². The molecule has 0 saturated carbocycles. The third kappa shape index (κ3) is 2.39. The Morgan fingerprint density at radius 3 is 2.67 bits per heavy atom. The van der Waals surface area contributed by atoms with E-state index >= 15 is 0 Å². The molecule has 90 valence electrons. The number of hydrogen-bond acceptors (Lipinski definition) is 1. The summed E-state index contributed by atoms with van der Waals surface area (Å²) in [5.74, 6) is 0.0750. The molecular weight excluding hydrogens is 394 g/mol. The van der Waals surface area contributed by atoms with Crippen LogP contribution in [0.5, 0.6) is 0 Å². The molecule has 0 fully saturated rings. The maximum absolute atomic E-state index is 11.7. The van der Waals surface area contributed by atoms with Crippen LogP contribution >= 0.6 is 0 Å². The zero-order valence-electron chi connectivity index (χ0n) is 9.72. The Labute approximate surface area is 121 Å². The average Bonchev–Trinajstić information content (AvgIpc) is 2.39. The molecule has 1 amide bonds. The number of amides is 1. The summed E-state index contributed by atoms with van der Waals surface area (Å²) in [5, 5.41) is 3.02. The van der Waals surface area contributed by atoms with E-state index in [1.54, 1.807) is 0 Å². The molecule has 1 heterocycles. The average molecular weight is 406 g/mol. The number of nitrogens with one attached hydrogen (secondary N) is 1. The summed E-state index contributed by atoms with van der Waals surface area (Å²) >= 11 is 0. The smallest absolute Gasteiger partial charge is 0.225 e. The second-order valence-electron chi connectivity index (χ2n) is 4.19. The Bertz CT molecular complexity index is 553. The van der Waals surface area contributed by atoms with Crippen molar-refractivity contribution < 1.29 is 25.9 Å². The molecule has 0 aliphatic carbocycles. The van der Waals surface area contributed by atoms with E-state index in [9.17, 15) is 4.79 Å². The van der Waals surface area contributed by atoms with Crippen LogP contribution in [0.3, 0.4) is 0 Å². The van der Waals surface area contributed by atoms with Crippen molar-refractivity contribution >= 4 is 5.91 Å². The molecular formula is C15H12NOW-. The summed E-state index contributed by atoms with van der Waals surface area (Å²) in [6, 6.07) is 19.0. The van der Waals surface area contributed by atoms with Crippen LogP contribution in [-0.4, -0.2) is 5.91 Å². The Morgan fingerprint density at radius 2 is 1.89 bits per heavy atom. The molecule has 3 heteroatoms. The molecule has 0 bridgehead atoms. The number of carbonyl (C=O) groups is 1. The third-order valence-corrected chi connectivity index (χ3v) is 3.07. The molecule has 1 aliphatic rings.